The molecule has 0 heterocycles. The molecular weight excluding hydrogens is 284 g/mol. The van der Waals surface area contributed by atoms with Crippen molar-refractivity contribution in [2.45, 2.75) is 0 Å². The smallest absolute Gasteiger partial charge is 0.336 e. The average Bonchev–Trinajstić information content (AvgIpc) is 2.52. The summed E-state index contributed by atoms with van der Waals surface area (Å²) in [5.74, 6) is -0.215. The molecule has 0 radical (unpaired) electrons. The van der Waals surface area contributed by atoms with Crippen molar-refractivity contribution in [2.24, 2.45) is 0 Å². The fraction of sp³-hybridized carbons (Fsp3) is 0.118. The summed E-state index contributed by atoms with van der Waals surface area (Å²) < 4.78 is 10.1. The number of ether oxygens (including phenoxy) is 2. The van der Waals surface area contributed by atoms with Gasteiger partial charge in [-0.15, -0.1) is 0 Å². The van der Waals surface area contributed by atoms with Crippen LogP contribution in [0.4, 0.5) is 0 Å². The molecule has 0 amide bonds. The van der Waals surface area contributed by atoms with Gasteiger partial charge in [0.15, 0.2) is 11.5 Å². The average molecular weight is 300 g/mol. The lowest BCUT2D eigenvalue weighted by Crippen LogP contribution is -2.00. The van der Waals surface area contributed by atoms with Gasteiger partial charge in [-0.05, 0) is 41.5 Å². The zero-order chi connectivity index (χ0) is 16.1. The predicted molar refractivity (Wildman–Crippen MR) is 83.2 cm³/mol. The van der Waals surface area contributed by atoms with Crippen molar-refractivity contribution in [1.82, 2.24) is 0 Å². The van der Waals surface area contributed by atoms with Crippen LogP contribution in [0.5, 0.6) is 17.2 Å². The van der Waals surface area contributed by atoms with E-state index >= 15 is 0 Å². The van der Waals surface area contributed by atoms with Gasteiger partial charge in [-0.3, -0.25) is 0 Å². The number of benzene rings is 2. The van der Waals surface area contributed by atoms with Crippen molar-refractivity contribution in [2.75, 3.05) is 14.2 Å². The van der Waals surface area contributed by atoms with Crippen LogP contribution in [0.3, 0.4) is 0 Å². The second kappa shape index (κ2) is 6.67. The number of methoxy groups -OCH3 is 2. The summed E-state index contributed by atoms with van der Waals surface area (Å²) >= 11 is 0. The van der Waals surface area contributed by atoms with E-state index in [1.54, 1.807) is 36.4 Å². The quantitative estimate of drug-likeness (QED) is 0.655. The third-order valence-corrected chi connectivity index (χ3v) is 3.13. The molecule has 22 heavy (non-hydrogen) atoms. The molecule has 2 aromatic rings. The Morgan fingerprint density at radius 3 is 2.45 bits per heavy atom. The van der Waals surface area contributed by atoms with Gasteiger partial charge in [0.2, 0.25) is 0 Å². The Morgan fingerprint density at radius 2 is 1.86 bits per heavy atom. The topological polar surface area (TPSA) is 76.0 Å². The van der Waals surface area contributed by atoms with Gasteiger partial charge in [-0.1, -0.05) is 18.2 Å². The summed E-state index contributed by atoms with van der Waals surface area (Å²) in [6.07, 6.45) is 1.48. The van der Waals surface area contributed by atoms with Gasteiger partial charge in [-0.25, -0.2) is 4.79 Å². The number of carboxylic acids is 1. The number of hydrogen-bond donors (Lipinski definition) is 2. The number of aromatic hydroxyl groups is 1. The lowest BCUT2D eigenvalue weighted by atomic mass is 10.0. The first-order valence-electron chi connectivity index (χ1n) is 6.51. The SMILES string of the molecule is COc1cccc(/C(=C/c2ccc(OC)c(O)c2)C(=O)O)c1. The van der Waals surface area contributed by atoms with Crippen LogP contribution in [0.1, 0.15) is 11.1 Å². The summed E-state index contributed by atoms with van der Waals surface area (Å²) in [4.78, 5) is 11.5. The van der Waals surface area contributed by atoms with Crippen molar-refractivity contribution in [3.05, 3.63) is 53.6 Å². The third-order valence-electron chi connectivity index (χ3n) is 3.13. The number of rotatable bonds is 5. The monoisotopic (exact) mass is 300 g/mol. The fourth-order valence-corrected chi connectivity index (χ4v) is 2.02. The Bertz CT molecular complexity index is 719. The zero-order valence-electron chi connectivity index (χ0n) is 12.2. The number of phenols is 1. The molecule has 5 heteroatoms. The van der Waals surface area contributed by atoms with Crippen LogP contribution in [0, 0.1) is 0 Å². The van der Waals surface area contributed by atoms with Crippen LogP contribution in [-0.2, 0) is 4.79 Å². The molecule has 2 N–H and O–H groups in total. The Kier molecular flexibility index (Phi) is 4.68. The van der Waals surface area contributed by atoms with Crippen LogP contribution in [-0.4, -0.2) is 30.4 Å². The Balaban J connectivity index is 2.47. The zero-order valence-corrected chi connectivity index (χ0v) is 12.2. The summed E-state index contributed by atoms with van der Waals surface area (Å²) in [5, 5.41) is 19.2. The molecule has 5 nitrogen and oxygen atoms in total. The second-order valence-corrected chi connectivity index (χ2v) is 4.53. The molecule has 0 saturated carbocycles. The highest BCUT2D eigenvalue weighted by molar-refractivity contribution is 6.20. The van der Waals surface area contributed by atoms with E-state index in [9.17, 15) is 15.0 Å². The first-order valence-corrected chi connectivity index (χ1v) is 6.51. The van der Waals surface area contributed by atoms with Crippen LogP contribution in [0.2, 0.25) is 0 Å². The Labute approximate surface area is 128 Å². The lowest BCUT2D eigenvalue weighted by Gasteiger charge is -2.07. The van der Waals surface area contributed by atoms with Crippen molar-refractivity contribution >= 4 is 17.6 Å². The molecule has 0 aromatic heterocycles. The van der Waals surface area contributed by atoms with E-state index in [4.69, 9.17) is 9.47 Å². The van der Waals surface area contributed by atoms with E-state index in [2.05, 4.69) is 0 Å². The van der Waals surface area contributed by atoms with Crippen LogP contribution < -0.4 is 9.47 Å². The molecule has 0 unspecified atom stereocenters. The molecule has 0 aliphatic heterocycles. The number of carboxylic acid groups (broad SMARTS) is 1. The summed E-state index contributed by atoms with van der Waals surface area (Å²) in [6.45, 7) is 0. The molecule has 2 aromatic carbocycles. The predicted octanol–water partition coefficient (Wildman–Crippen LogP) is 3.03. The maximum Gasteiger partial charge on any atom is 0.336 e. The van der Waals surface area contributed by atoms with Crippen molar-refractivity contribution in [1.29, 1.82) is 0 Å². The minimum atomic E-state index is -1.07. The molecule has 0 atom stereocenters. The Hall–Kier alpha value is -2.95. The van der Waals surface area contributed by atoms with Crippen molar-refractivity contribution < 1.29 is 24.5 Å². The van der Waals surface area contributed by atoms with E-state index in [-0.39, 0.29) is 11.3 Å². The molecule has 0 spiro atoms. The first kappa shape index (κ1) is 15.4. The van der Waals surface area contributed by atoms with Crippen molar-refractivity contribution in [3.8, 4) is 17.2 Å². The van der Waals surface area contributed by atoms with Crippen LogP contribution in [0.15, 0.2) is 42.5 Å². The molecule has 2 rings (SSSR count). The van der Waals surface area contributed by atoms with Gasteiger partial charge in [0.1, 0.15) is 5.75 Å². The number of aliphatic carboxylic acids is 1. The fourth-order valence-electron chi connectivity index (χ4n) is 2.02. The van der Waals surface area contributed by atoms with Crippen LogP contribution >= 0.6 is 0 Å². The van der Waals surface area contributed by atoms with E-state index in [1.807, 2.05) is 0 Å². The van der Waals surface area contributed by atoms with E-state index in [1.165, 1.54) is 26.4 Å². The first-order chi connectivity index (χ1) is 10.5. The van der Waals surface area contributed by atoms with E-state index in [0.29, 0.717) is 22.6 Å². The molecule has 0 aliphatic carbocycles. The second-order valence-electron chi connectivity index (χ2n) is 4.53. The van der Waals surface area contributed by atoms with Gasteiger partial charge < -0.3 is 19.7 Å². The van der Waals surface area contributed by atoms with E-state index < -0.39 is 5.97 Å². The van der Waals surface area contributed by atoms with Crippen LogP contribution in [0.25, 0.3) is 11.6 Å². The van der Waals surface area contributed by atoms with Gasteiger partial charge in [-0.2, -0.15) is 0 Å². The lowest BCUT2D eigenvalue weighted by molar-refractivity contribution is -0.130. The van der Waals surface area contributed by atoms with Gasteiger partial charge in [0, 0.05) is 0 Å². The third kappa shape index (κ3) is 3.38. The summed E-state index contributed by atoms with van der Waals surface area (Å²) in [6, 6.07) is 11.5. The molecule has 0 saturated heterocycles. The molecule has 0 aliphatic rings. The standard InChI is InChI=1S/C17H16O5/c1-21-13-5-3-4-12(10-13)14(17(19)20)8-11-6-7-16(22-2)15(18)9-11/h3-10,18H,1-2H3,(H,19,20)/b14-8-. The number of hydrogen-bond acceptors (Lipinski definition) is 4. The molecule has 0 fully saturated rings. The number of carbonyl (C=O) groups is 1. The maximum absolute atomic E-state index is 11.5. The highest BCUT2D eigenvalue weighted by Gasteiger charge is 2.12. The normalized spacial score (nSPS) is 11.1. The minimum Gasteiger partial charge on any atom is -0.504 e. The molecule has 114 valence electrons. The Morgan fingerprint density at radius 1 is 1.09 bits per heavy atom. The molecule has 0 bridgehead atoms. The van der Waals surface area contributed by atoms with Gasteiger partial charge in [0.05, 0.1) is 19.8 Å². The number of phenolic OH excluding ortho intramolecular Hbond substituents is 1. The maximum atomic E-state index is 11.5. The van der Waals surface area contributed by atoms with Crippen molar-refractivity contribution in [3.63, 3.8) is 0 Å². The minimum absolute atomic E-state index is 0.0494. The largest absolute Gasteiger partial charge is 0.504 e. The highest BCUT2D eigenvalue weighted by Crippen LogP contribution is 2.29. The summed E-state index contributed by atoms with van der Waals surface area (Å²) in [7, 11) is 2.97. The molecular formula is C17H16O5. The summed E-state index contributed by atoms with van der Waals surface area (Å²) in [5.41, 5.74) is 1.17. The van der Waals surface area contributed by atoms with Gasteiger partial charge >= 0.3 is 5.97 Å². The highest BCUT2D eigenvalue weighted by atomic mass is 16.5. The van der Waals surface area contributed by atoms with Gasteiger partial charge in [0.25, 0.3) is 0 Å². The van der Waals surface area contributed by atoms with E-state index in [0.717, 1.165) is 0 Å².